The minimum atomic E-state index is -0.332. The third-order valence-corrected chi connectivity index (χ3v) is 2.44. The topological polar surface area (TPSA) is 70.2 Å². The van der Waals surface area contributed by atoms with Gasteiger partial charge in [0.05, 0.1) is 0 Å². The molecule has 0 aromatic carbocycles. The molecule has 0 aliphatic carbocycles. The molecule has 0 aromatic rings. The minimum absolute atomic E-state index is 0.0955. The third kappa shape index (κ3) is 4.82. The van der Waals surface area contributed by atoms with Gasteiger partial charge in [0, 0.05) is 18.7 Å². The molecule has 94 valence electrons. The molecule has 0 fully saturated rings. The van der Waals surface area contributed by atoms with E-state index in [1.165, 1.54) is 6.08 Å². The lowest BCUT2D eigenvalue weighted by atomic mass is 10.2. The van der Waals surface area contributed by atoms with Crippen LogP contribution in [0.2, 0.25) is 0 Å². The number of hydrogen-bond acceptors (Lipinski definition) is 3. The smallest absolute Gasteiger partial charge is 0.243 e. The molecule has 2 unspecified atom stereocenters. The van der Waals surface area contributed by atoms with E-state index >= 15 is 0 Å². The van der Waals surface area contributed by atoms with E-state index in [4.69, 9.17) is 0 Å². The van der Waals surface area contributed by atoms with E-state index in [2.05, 4.69) is 16.0 Å². The van der Waals surface area contributed by atoms with Gasteiger partial charge >= 0.3 is 0 Å². The van der Waals surface area contributed by atoms with E-state index in [9.17, 15) is 9.59 Å². The van der Waals surface area contributed by atoms with Crippen LogP contribution in [0, 0.1) is 0 Å². The first kappa shape index (κ1) is 13.4. The highest BCUT2D eigenvalue weighted by molar-refractivity contribution is 5.88. The molecular formula is C12H19N3O2. The normalized spacial score (nSPS) is 26.7. The number of carbonyl (C=O) groups is 2. The molecule has 1 aliphatic rings. The van der Waals surface area contributed by atoms with Crippen molar-refractivity contribution in [1.29, 1.82) is 0 Å². The predicted molar refractivity (Wildman–Crippen MR) is 66.4 cm³/mol. The molecule has 0 saturated carbocycles. The Hall–Kier alpha value is -1.62. The Labute approximate surface area is 101 Å². The summed E-state index contributed by atoms with van der Waals surface area (Å²) in [5.74, 6) is -0.230. The number of likely N-dealkylation sites (N-methyl/N-ethyl adjacent to an activating group) is 1. The summed E-state index contributed by atoms with van der Waals surface area (Å²) in [6, 6.07) is -0.502. The molecular weight excluding hydrogens is 218 g/mol. The first-order valence-corrected chi connectivity index (χ1v) is 5.74. The van der Waals surface area contributed by atoms with Crippen LogP contribution in [0.4, 0.5) is 0 Å². The maximum atomic E-state index is 11.8. The first-order chi connectivity index (χ1) is 8.13. The summed E-state index contributed by atoms with van der Waals surface area (Å²) in [5.41, 5.74) is 0. The SMILES string of the molecule is CNC1C=CCCNC(=O)C=CC(C)NC1=O. The molecule has 0 radical (unpaired) electrons. The van der Waals surface area contributed by atoms with Crippen LogP contribution in [0.5, 0.6) is 0 Å². The Kier molecular flexibility index (Phi) is 5.42. The van der Waals surface area contributed by atoms with Crippen molar-refractivity contribution in [3.8, 4) is 0 Å². The second-order valence-electron chi connectivity index (χ2n) is 3.93. The van der Waals surface area contributed by atoms with Gasteiger partial charge in [-0.1, -0.05) is 18.2 Å². The molecule has 3 N–H and O–H groups in total. The van der Waals surface area contributed by atoms with E-state index < -0.39 is 0 Å². The number of rotatable bonds is 1. The monoisotopic (exact) mass is 237 g/mol. The number of nitrogens with one attached hydrogen (secondary N) is 3. The predicted octanol–water partition coefficient (Wildman–Crippen LogP) is -0.289. The Morgan fingerprint density at radius 1 is 1.35 bits per heavy atom. The summed E-state index contributed by atoms with van der Waals surface area (Å²) in [6.07, 6.45) is 7.52. The molecule has 1 aliphatic heterocycles. The van der Waals surface area contributed by atoms with Crippen molar-refractivity contribution in [1.82, 2.24) is 16.0 Å². The van der Waals surface area contributed by atoms with Gasteiger partial charge in [-0.05, 0) is 20.4 Å². The highest BCUT2D eigenvalue weighted by atomic mass is 16.2. The highest BCUT2D eigenvalue weighted by Crippen LogP contribution is 1.94. The van der Waals surface area contributed by atoms with Crippen LogP contribution < -0.4 is 16.0 Å². The first-order valence-electron chi connectivity index (χ1n) is 5.74. The van der Waals surface area contributed by atoms with E-state index in [0.717, 1.165) is 0 Å². The van der Waals surface area contributed by atoms with Crippen molar-refractivity contribution in [3.05, 3.63) is 24.3 Å². The van der Waals surface area contributed by atoms with Gasteiger partial charge in [-0.15, -0.1) is 0 Å². The van der Waals surface area contributed by atoms with Gasteiger partial charge in [-0.3, -0.25) is 9.59 Å². The van der Waals surface area contributed by atoms with Gasteiger partial charge in [0.25, 0.3) is 0 Å². The average Bonchev–Trinajstić information content (AvgIpc) is 2.29. The molecule has 0 bridgehead atoms. The molecule has 0 aromatic heterocycles. The zero-order valence-corrected chi connectivity index (χ0v) is 10.2. The number of hydrogen-bond donors (Lipinski definition) is 3. The molecule has 2 atom stereocenters. The van der Waals surface area contributed by atoms with Crippen LogP contribution >= 0.6 is 0 Å². The van der Waals surface area contributed by atoms with E-state index in [-0.39, 0.29) is 23.9 Å². The lowest BCUT2D eigenvalue weighted by molar-refractivity contribution is -0.122. The van der Waals surface area contributed by atoms with Crippen molar-refractivity contribution in [2.24, 2.45) is 0 Å². The number of amides is 2. The van der Waals surface area contributed by atoms with E-state index in [0.29, 0.717) is 13.0 Å². The lowest BCUT2D eigenvalue weighted by Crippen LogP contribution is -2.44. The van der Waals surface area contributed by atoms with Crippen LogP contribution in [0.3, 0.4) is 0 Å². The van der Waals surface area contributed by atoms with E-state index in [1.807, 2.05) is 13.0 Å². The van der Waals surface area contributed by atoms with Crippen LogP contribution in [0.25, 0.3) is 0 Å². The maximum Gasteiger partial charge on any atom is 0.243 e. The van der Waals surface area contributed by atoms with Crippen molar-refractivity contribution >= 4 is 11.8 Å². The quantitative estimate of drug-likeness (QED) is 0.549. The largest absolute Gasteiger partial charge is 0.352 e. The zero-order chi connectivity index (χ0) is 12.7. The lowest BCUT2D eigenvalue weighted by Gasteiger charge is -2.16. The molecule has 1 heterocycles. The molecule has 1 rings (SSSR count). The molecule has 5 heteroatoms. The summed E-state index contributed by atoms with van der Waals surface area (Å²) < 4.78 is 0. The summed E-state index contributed by atoms with van der Waals surface area (Å²) >= 11 is 0. The van der Waals surface area contributed by atoms with E-state index in [1.54, 1.807) is 19.2 Å². The van der Waals surface area contributed by atoms with Gasteiger partial charge < -0.3 is 16.0 Å². The standard InChI is InChI=1S/C12H19N3O2/c1-9-6-7-11(16)14-8-4-3-5-10(13-2)12(17)15-9/h3,5-7,9-10,13H,4,8H2,1-2H3,(H,14,16)(H,15,17). The second-order valence-corrected chi connectivity index (χ2v) is 3.93. The fourth-order valence-corrected chi connectivity index (χ4v) is 1.48. The van der Waals surface area contributed by atoms with Crippen LogP contribution in [0.15, 0.2) is 24.3 Å². The Morgan fingerprint density at radius 3 is 2.82 bits per heavy atom. The summed E-state index contributed by atoms with van der Waals surface area (Å²) in [6.45, 7) is 2.40. The minimum Gasteiger partial charge on any atom is -0.352 e. The van der Waals surface area contributed by atoms with Gasteiger partial charge in [0.15, 0.2) is 0 Å². The van der Waals surface area contributed by atoms with Crippen LogP contribution in [-0.4, -0.2) is 37.5 Å². The van der Waals surface area contributed by atoms with Crippen molar-refractivity contribution in [2.75, 3.05) is 13.6 Å². The third-order valence-electron chi connectivity index (χ3n) is 2.44. The van der Waals surface area contributed by atoms with Crippen LogP contribution in [0.1, 0.15) is 13.3 Å². The van der Waals surface area contributed by atoms with Crippen molar-refractivity contribution in [3.63, 3.8) is 0 Å². The Bertz CT molecular complexity index is 337. The molecule has 0 spiro atoms. The van der Waals surface area contributed by atoms with Gasteiger partial charge in [-0.25, -0.2) is 0 Å². The fraction of sp³-hybridized carbons (Fsp3) is 0.500. The van der Waals surface area contributed by atoms with Gasteiger partial charge in [0.1, 0.15) is 6.04 Å². The van der Waals surface area contributed by atoms with Crippen molar-refractivity contribution < 1.29 is 9.59 Å². The molecule has 17 heavy (non-hydrogen) atoms. The zero-order valence-electron chi connectivity index (χ0n) is 10.2. The average molecular weight is 237 g/mol. The molecule has 2 amide bonds. The fourth-order valence-electron chi connectivity index (χ4n) is 1.48. The Balaban J connectivity index is 2.73. The van der Waals surface area contributed by atoms with Crippen molar-refractivity contribution in [2.45, 2.75) is 25.4 Å². The Morgan fingerprint density at radius 2 is 2.12 bits per heavy atom. The second kappa shape index (κ2) is 6.85. The highest BCUT2D eigenvalue weighted by Gasteiger charge is 2.14. The van der Waals surface area contributed by atoms with Crippen LogP contribution in [-0.2, 0) is 9.59 Å². The van der Waals surface area contributed by atoms with Gasteiger partial charge in [0.2, 0.25) is 11.8 Å². The summed E-state index contributed by atoms with van der Waals surface area (Å²) in [4.78, 5) is 23.1. The summed E-state index contributed by atoms with van der Waals surface area (Å²) in [5, 5.41) is 8.48. The van der Waals surface area contributed by atoms with Gasteiger partial charge in [-0.2, -0.15) is 0 Å². The molecule has 0 saturated heterocycles. The maximum absolute atomic E-state index is 11.8. The molecule has 5 nitrogen and oxygen atoms in total. The number of carbonyl (C=O) groups excluding carboxylic acids is 2. The summed E-state index contributed by atoms with van der Waals surface area (Å²) in [7, 11) is 1.74.